The van der Waals surface area contributed by atoms with Crippen molar-refractivity contribution in [2.45, 2.75) is 65.5 Å². The van der Waals surface area contributed by atoms with Crippen molar-refractivity contribution >= 4 is 6.09 Å². The first-order chi connectivity index (χ1) is 9.70. The van der Waals surface area contributed by atoms with Crippen LogP contribution in [0.2, 0.25) is 0 Å². The summed E-state index contributed by atoms with van der Waals surface area (Å²) in [6.45, 7) is 12.7. The molecule has 1 saturated carbocycles. The number of hydrogen-bond acceptors (Lipinski definition) is 3. The largest absolute Gasteiger partial charge is 0.444 e. The third-order valence-corrected chi connectivity index (χ3v) is 4.67. The van der Waals surface area contributed by atoms with Gasteiger partial charge in [0.1, 0.15) is 5.60 Å². The van der Waals surface area contributed by atoms with E-state index in [1.165, 1.54) is 18.4 Å². The van der Waals surface area contributed by atoms with Crippen LogP contribution in [0.15, 0.2) is 11.6 Å². The summed E-state index contributed by atoms with van der Waals surface area (Å²) >= 11 is 0. The minimum Gasteiger partial charge on any atom is -0.444 e. The first-order valence-corrected chi connectivity index (χ1v) is 8.09. The van der Waals surface area contributed by atoms with Gasteiger partial charge >= 0.3 is 6.09 Å². The summed E-state index contributed by atoms with van der Waals surface area (Å²) < 4.78 is 5.41. The highest BCUT2D eigenvalue weighted by molar-refractivity contribution is 5.68. The maximum atomic E-state index is 12.0. The number of nitrogens with one attached hydrogen (secondary N) is 1. The molecule has 0 aromatic carbocycles. The van der Waals surface area contributed by atoms with E-state index in [0.717, 1.165) is 19.5 Å². The molecule has 0 aromatic rings. The van der Waals surface area contributed by atoms with E-state index in [9.17, 15) is 4.79 Å². The number of amides is 1. The van der Waals surface area contributed by atoms with Gasteiger partial charge in [-0.1, -0.05) is 18.6 Å². The molecule has 0 spiro atoms. The molecular formula is C17H30N2O2. The zero-order chi connectivity index (χ0) is 15.7. The fourth-order valence-corrected chi connectivity index (χ4v) is 2.52. The Balaban J connectivity index is 1.75. The Hall–Kier alpha value is -1.03. The van der Waals surface area contributed by atoms with Gasteiger partial charge < -0.3 is 15.0 Å². The molecule has 0 radical (unpaired) electrons. The minimum absolute atomic E-state index is 0.204. The molecule has 1 N–H and O–H groups in total. The molecule has 4 nitrogen and oxygen atoms in total. The van der Waals surface area contributed by atoms with Crippen LogP contribution >= 0.6 is 0 Å². The second-order valence-electron chi connectivity index (χ2n) is 7.80. The van der Waals surface area contributed by atoms with Crippen molar-refractivity contribution in [1.82, 2.24) is 10.2 Å². The minimum atomic E-state index is -0.419. The van der Waals surface area contributed by atoms with E-state index < -0.39 is 5.60 Å². The van der Waals surface area contributed by atoms with Gasteiger partial charge in [0.2, 0.25) is 0 Å². The van der Waals surface area contributed by atoms with Crippen LogP contribution < -0.4 is 5.32 Å². The van der Waals surface area contributed by atoms with Crippen molar-refractivity contribution in [2.75, 3.05) is 19.6 Å². The molecule has 0 aromatic heterocycles. The van der Waals surface area contributed by atoms with Crippen LogP contribution in [-0.4, -0.2) is 42.3 Å². The fourth-order valence-electron chi connectivity index (χ4n) is 2.52. The van der Waals surface area contributed by atoms with Crippen LogP contribution in [0.4, 0.5) is 4.79 Å². The van der Waals surface area contributed by atoms with Crippen molar-refractivity contribution < 1.29 is 9.53 Å². The van der Waals surface area contributed by atoms with Crippen molar-refractivity contribution in [3.05, 3.63) is 11.6 Å². The van der Waals surface area contributed by atoms with E-state index in [0.29, 0.717) is 18.0 Å². The summed E-state index contributed by atoms with van der Waals surface area (Å²) in [5, 5.41) is 3.63. The van der Waals surface area contributed by atoms with Crippen molar-refractivity contribution in [1.29, 1.82) is 0 Å². The van der Waals surface area contributed by atoms with Gasteiger partial charge in [-0.05, 0) is 52.4 Å². The van der Waals surface area contributed by atoms with Gasteiger partial charge in [0.25, 0.3) is 0 Å². The summed E-state index contributed by atoms with van der Waals surface area (Å²) in [5.41, 5.74) is 1.50. The molecule has 120 valence electrons. The predicted molar refractivity (Wildman–Crippen MR) is 85.3 cm³/mol. The lowest BCUT2D eigenvalue weighted by atomic mass is 10.00. The van der Waals surface area contributed by atoms with Crippen molar-refractivity contribution in [2.24, 2.45) is 5.41 Å². The molecule has 1 aliphatic heterocycles. The lowest BCUT2D eigenvalue weighted by molar-refractivity contribution is 0.0265. The average molecular weight is 294 g/mol. The van der Waals surface area contributed by atoms with E-state index >= 15 is 0 Å². The summed E-state index contributed by atoms with van der Waals surface area (Å²) in [5.74, 6) is 0. The first-order valence-electron chi connectivity index (χ1n) is 8.09. The summed E-state index contributed by atoms with van der Waals surface area (Å²) in [7, 11) is 0. The topological polar surface area (TPSA) is 41.6 Å². The summed E-state index contributed by atoms with van der Waals surface area (Å²) in [6, 6.07) is 0.572. The summed E-state index contributed by atoms with van der Waals surface area (Å²) in [6.07, 6.45) is 5.58. The highest BCUT2D eigenvalue weighted by atomic mass is 16.6. The highest BCUT2D eigenvalue weighted by Crippen LogP contribution is 2.47. The maximum Gasteiger partial charge on any atom is 0.410 e. The Morgan fingerprint density at radius 1 is 1.48 bits per heavy atom. The molecule has 4 heteroatoms. The van der Waals surface area contributed by atoms with Crippen LogP contribution in [0.25, 0.3) is 0 Å². The zero-order valence-electron chi connectivity index (χ0n) is 14.2. The normalized spacial score (nSPS) is 22.5. The van der Waals surface area contributed by atoms with Gasteiger partial charge in [0.15, 0.2) is 0 Å². The van der Waals surface area contributed by atoms with E-state index in [2.05, 4.69) is 25.2 Å². The molecule has 0 bridgehead atoms. The highest BCUT2D eigenvalue weighted by Gasteiger charge is 2.42. The summed E-state index contributed by atoms with van der Waals surface area (Å²) in [4.78, 5) is 13.8. The molecule has 2 rings (SSSR count). The molecule has 1 aliphatic carbocycles. The number of rotatable bonds is 4. The van der Waals surface area contributed by atoms with Crippen LogP contribution in [0, 0.1) is 5.41 Å². The Morgan fingerprint density at radius 3 is 2.62 bits per heavy atom. The number of carbonyl (C=O) groups is 1. The van der Waals surface area contributed by atoms with Gasteiger partial charge in [-0.25, -0.2) is 4.79 Å². The molecule has 1 heterocycles. The van der Waals surface area contributed by atoms with E-state index in [1.807, 2.05) is 20.8 Å². The third kappa shape index (κ3) is 4.73. The Bertz CT molecular complexity index is 419. The monoisotopic (exact) mass is 294 g/mol. The Labute approximate surface area is 128 Å². The van der Waals surface area contributed by atoms with Crippen LogP contribution in [0.3, 0.4) is 0 Å². The zero-order valence-corrected chi connectivity index (χ0v) is 14.2. The second-order valence-corrected chi connectivity index (χ2v) is 7.80. The van der Waals surface area contributed by atoms with Gasteiger partial charge in [-0.2, -0.15) is 0 Å². The Kier molecular flexibility index (Phi) is 4.66. The predicted octanol–water partition coefficient (Wildman–Crippen LogP) is 3.33. The first kappa shape index (κ1) is 16.3. The van der Waals surface area contributed by atoms with E-state index in [4.69, 9.17) is 4.74 Å². The third-order valence-electron chi connectivity index (χ3n) is 4.67. The number of nitrogens with zero attached hydrogens (tertiary/aromatic N) is 1. The van der Waals surface area contributed by atoms with E-state index in [1.54, 1.807) is 4.90 Å². The van der Waals surface area contributed by atoms with Crippen LogP contribution in [0.1, 0.15) is 53.9 Å². The van der Waals surface area contributed by atoms with Crippen molar-refractivity contribution in [3.63, 3.8) is 0 Å². The number of hydrogen-bond donors (Lipinski definition) is 1. The SMILES string of the molecule is CC(NCC1=CCN(C(=O)OC(C)(C)C)CC1)C1(C)CC1. The smallest absolute Gasteiger partial charge is 0.410 e. The number of carbonyl (C=O) groups excluding carboxylic acids is 1. The van der Waals surface area contributed by atoms with Gasteiger partial charge in [0.05, 0.1) is 0 Å². The molecule has 21 heavy (non-hydrogen) atoms. The lowest BCUT2D eigenvalue weighted by Crippen LogP contribution is -2.41. The molecule has 0 saturated heterocycles. The molecule has 1 fully saturated rings. The fraction of sp³-hybridized carbons (Fsp3) is 0.824. The van der Waals surface area contributed by atoms with Gasteiger partial charge in [-0.3, -0.25) is 0 Å². The molecule has 1 atom stereocenters. The quantitative estimate of drug-likeness (QED) is 0.809. The number of ether oxygens (including phenoxy) is 1. The van der Waals surface area contributed by atoms with Gasteiger partial charge in [0, 0.05) is 25.7 Å². The molecular weight excluding hydrogens is 264 g/mol. The van der Waals surface area contributed by atoms with Crippen LogP contribution in [0.5, 0.6) is 0 Å². The standard InChI is InChI=1S/C17H30N2O2/c1-13(17(5)8-9-17)18-12-14-6-10-19(11-7-14)15(20)21-16(2,3)4/h6,13,18H,7-12H2,1-5H3. The second kappa shape index (κ2) is 5.99. The molecule has 1 unspecified atom stereocenters. The maximum absolute atomic E-state index is 12.0. The van der Waals surface area contributed by atoms with Crippen molar-refractivity contribution in [3.8, 4) is 0 Å². The van der Waals surface area contributed by atoms with Crippen LogP contribution in [-0.2, 0) is 4.74 Å². The lowest BCUT2D eigenvalue weighted by Gasteiger charge is -2.30. The average Bonchev–Trinajstić information content (AvgIpc) is 3.14. The van der Waals surface area contributed by atoms with Gasteiger partial charge in [-0.15, -0.1) is 0 Å². The molecule has 1 amide bonds. The Morgan fingerprint density at radius 2 is 2.14 bits per heavy atom. The molecule has 2 aliphatic rings. The van der Waals surface area contributed by atoms with E-state index in [-0.39, 0.29) is 6.09 Å².